The summed E-state index contributed by atoms with van der Waals surface area (Å²) in [6, 6.07) is 8.14. The van der Waals surface area contributed by atoms with Crippen LogP contribution in [0.15, 0.2) is 52.4 Å². The number of nitrogens with zero attached hydrogens (tertiary/aromatic N) is 3. The predicted molar refractivity (Wildman–Crippen MR) is 157 cm³/mol. The van der Waals surface area contributed by atoms with Crippen LogP contribution in [0.4, 0.5) is 17.1 Å². The summed E-state index contributed by atoms with van der Waals surface area (Å²) in [6.07, 6.45) is 6.96. The number of carbonyl (C=O) groups is 3. The van der Waals surface area contributed by atoms with E-state index in [-0.39, 0.29) is 46.7 Å². The second kappa shape index (κ2) is 10.3. The minimum absolute atomic E-state index is 0.0383. The summed E-state index contributed by atoms with van der Waals surface area (Å²) in [4.78, 5) is 70.1. The molecule has 222 valence electrons. The van der Waals surface area contributed by atoms with Crippen LogP contribution < -0.4 is 32.5 Å². The number of carboxylic acid groups (broad SMARTS) is 1. The zero-order valence-corrected chi connectivity index (χ0v) is 23.5. The molecule has 0 saturated heterocycles. The Kier molecular flexibility index (Phi) is 6.74. The van der Waals surface area contributed by atoms with Gasteiger partial charge in [0, 0.05) is 18.3 Å². The van der Waals surface area contributed by atoms with Crippen LogP contribution in [0, 0.1) is 10.8 Å². The first-order chi connectivity index (χ1) is 20.5. The number of nitrogen functional groups attached to an aromatic ring is 1. The molecule has 13 heteroatoms. The van der Waals surface area contributed by atoms with Gasteiger partial charge in [0.1, 0.15) is 29.1 Å². The molecule has 3 aliphatic carbocycles. The number of carbonyl (C=O) groups excluding carboxylic acids is 2. The molecule has 4 aromatic rings. The van der Waals surface area contributed by atoms with Gasteiger partial charge < -0.3 is 26.8 Å². The minimum Gasteiger partial charge on any atom is -0.481 e. The Hall–Kier alpha value is -5.07. The van der Waals surface area contributed by atoms with Gasteiger partial charge in [-0.05, 0) is 74.6 Å². The highest BCUT2D eigenvalue weighted by Gasteiger charge is 2.54. The molecule has 2 amide bonds. The van der Waals surface area contributed by atoms with E-state index >= 15 is 0 Å². The summed E-state index contributed by atoms with van der Waals surface area (Å²) in [5, 5.41) is 18.5. The maximum Gasteiger partial charge on any atom is 0.309 e. The van der Waals surface area contributed by atoms with Crippen LogP contribution in [0.1, 0.15) is 72.0 Å². The Balaban J connectivity index is 1.15. The van der Waals surface area contributed by atoms with Crippen molar-refractivity contribution in [2.75, 3.05) is 11.1 Å². The molecule has 2 aromatic carbocycles. The molecule has 3 saturated carbocycles. The van der Waals surface area contributed by atoms with E-state index in [1.165, 1.54) is 23.0 Å². The Morgan fingerprint density at radius 1 is 1.05 bits per heavy atom. The molecule has 6 N–H and O–H groups in total. The highest BCUT2D eigenvalue weighted by Crippen LogP contribution is 2.58. The molecule has 1 atom stereocenters. The van der Waals surface area contributed by atoms with Crippen molar-refractivity contribution in [2.45, 2.75) is 58.0 Å². The number of carboxylic acids is 1. The average Bonchev–Trinajstić information content (AvgIpc) is 3.51. The van der Waals surface area contributed by atoms with E-state index in [1.54, 1.807) is 24.3 Å². The van der Waals surface area contributed by atoms with E-state index in [9.17, 15) is 29.1 Å². The van der Waals surface area contributed by atoms with E-state index < -0.39 is 28.1 Å². The summed E-state index contributed by atoms with van der Waals surface area (Å²) in [6.45, 7) is 2.09. The minimum atomic E-state index is -0.724. The van der Waals surface area contributed by atoms with E-state index in [1.807, 2.05) is 6.92 Å². The first kappa shape index (κ1) is 28.1. The van der Waals surface area contributed by atoms with Gasteiger partial charge in [-0.3, -0.25) is 28.4 Å². The standard InChI is InChI=1S/C30H31N7O6/c1-16(29-5-8-30(9-6-29,10-7-29)28(42)43)34-27(41)20-12-19(36-21-14-32-15-37(20)21)26(40)33-13-17-3-2-4-18(11-17)35-23-22(31)24(38)25(23)39/h2-4,11-12,14-16,35H,5-10,13,31H2,1H3,(H,33,40)(H,34,41)(H,42,43). The highest BCUT2D eigenvalue weighted by atomic mass is 16.4. The number of aromatic nitrogens is 3. The molecular weight excluding hydrogens is 554 g/mol. The third-order valence-electron chi connectivity index (χ3n) is 9.47. The van der Waals surface area contributed by atoms with Crippen LogP contribution in [-0.2, 0) is 11.3 Å². The lowest BCUT2D eigenvalue weighted by molar-refractivity contribution is -0.159. The largest absolute Gasteiger partial charge is 0.481 e. The van der Waals surface area contributed by atoms with Gasteiger partial charge in [0.25, 0.3) is 22.7 Å². The van der Waals surface area contributed by atoms with Crippen molar-refractivity contribution in [3.8, 4) is 0 Å². The van der Waals surface area contributed by atoms with Gasteiger partial charge in [0.2, 0.25) is 0 Å². The lowest BCUT2D eigenvalue weighted by Gasteiger charge is -2.54. The Bertz CT molecular complexity index is 1830. The smallest absolute Gasteiger partial charge is 0.309 e. The molecule has 13 nitrogen and oxygen atoms in total. The Morgan fingerprint density at radius 3 is 2.44 bits per heavy atom. The summed E-state index contributed by atoms with van der Waals surface area (Å²) in [7, 11) is 0. The lowest BCUT2D eigenvalue weighted by Crippen LogP contribution is -2.54. The van der Waals surface area contributed by atoms with Crippen molar-refractivity contribution < 1.29 is 19.5 Å². The van der Waals surface area contributed by atoms with Crippen molar-refractivity contribution in [3.05, 3.63) is 80.3 Å². The molecular formula is C30H31N7O6. The second-order valence-corrected chi connectivity index (χ2v) is 11.7. The molecule has 1 unspecified atom stereocenters. The Morgan fingerprint density at radius 2 is 1.77 bits per heavy atom. The third kappa shape index (κ3) is 4.80. The molecule has 3 fully saturated rings. The van der Waals surface area contributed by atoms with Crippen molar-refractivity contribution in [1.29, 1.82) is 0 Å². The van der Waals surface area contributed by atoms with Gasteiger partial charge in [-0.1, -0.05) is 12.1 Å². The van der Waals surface area contributed by atoms with Gasteiger partial charge >= 0.3 is 5.97 Å². The summed E-state index contributed by atoms with van der Waals surface area (Å²) in [5.41, 5.74) is 5.15. The Labute approximate surface area is 245 Å². The van der Waals surface area contributed by atoms with Crippen LogP contribution in [0.3, 0.4) is 0 Å². The molecule has 2 aromatic heterocycles. The fourth-order valence-electron chi connectivity index (χ4n) is 6.52. The fourth-order valence-corrected chi connectivity index (χ4v) is 6.52. The lowest BCUT2D eigenvalue weighted by atomic mass is 9.52. The molecule has 0 radical (unpaired) electrons. The van der Waals surface area contributed by atoms with Gasteiger partial charge in [-0.15, -0.1) is 0 Å². The number of anilines is 3. The van der Waals surface area contributed by atoms with Crippen molar-refractivity contribution in [2.24, 2.45) is 10.8 Å². The van der Waals surface area contributed by atoms with Gasteiger partial charge in [0.15, 0.2) is 5.65 Å². The van der Waals surface area contributed by atoms with Gasteiger partial charge in [0.05, 0.1) is 11.6 Å². The van der Waals surface area contributed by atoms with Crippen LogP contribution in [0.2, 0.25) is 0 Å². The molecule has 3 aliphatic rings. The van der Waals surface area contributed by atoms with Crippen molar-refractivity contribution >= 4 is 40.5 Å². The van der Waals surface area contributed by atoms with E-state index in [4.69, 9.17) is 5.73 Å². The summed E-state index contributed by atoms with van der Waals surface area (Å²) in [5.74, 6) is -1.60. The topological polar surface area (TPSA) is 198 Å². The highest BCUT2D eigenvalue weighted by molar-refractivity contribution is 5.98. The molecule has 2 bridgehead atoms. The SMILES string of the molecule is CC(NC(=O)c1cc(C(=O)NCc2cccc(Nc3c(N)c(=O)c3=O)c2)nc2cncn12)C12CCC(C(=O)O)(CC1)CC2. The fraction of sp³-hybridized carbons (Fsp3) is 0.367. The zero-order valence-electron chi connectivity index (χ0n) is 23.5. The van der Waals surface area contributed by atoms with Gasteiger partial charge in [-0.25, -0.2) is 9.97 Å². The summed E-state index contributed by atoms with van der Waals surface area (Å²) < 4.78 is 1.52. The number of nitrogens with two attached hydrogens (primary N) is 1. The number of hydrogen-bond donors (Lipinski definition) is 5. The first-order valence-electron chi connectivity index (χ1n) is 14.1. The average molecular weight is 586 g/mol. The number of imidazole rings is 1. The van der Waals surface area contributed by atoms with Crippen LogP contribution in [0.25, 0.3) is 5.65 Å². The maximum absolute atomic E-state index is 13.5. The van der Waals surface area contributed by atoms with E-state index in [0.717, 1.165) is 19.3 Å². The third-order valence-corrected chi connectivity index (χ3v) is 9.47. The zero-order chi connectivity index (χ0) is 30.5. The number of benzene rings is 1. The normalized spacial score (nSPS) is 21.9. The number of nitrogens with one attached hydrogen (secondary N) is 3. The van der Waals surface area contributed by atoms with Gasteiger partial charge in [-0.2, -0.15) is 0 Å². The predicted octanol–water partition coefficient (Wildman–Crippen LogP) is 2.12. The van der Waals surface area contributed by atoms with Crippen LogP contribution >= 0.6 is 0 Å². The van der Waals surface area contributed by atoms with Crippen molar-refractivity contribution in [1.82, 2.24) is 25.0 Å². The molecule has 2 heterocycles. The monoisotopic (exact) mass is 585 g/mol. The van der Waals surface area contributed by atoms with Crippen LogP contribution in [0.5, 0.6) is 0 Å². The molecule has 7 rings (SSSR count). The molecule has 43 heavy (non-hydrogen) atoms. The van der Waals surface area contributed by atoms with Crippen LogP contribution in [-0.4, -0.2) is 43.3 Å². The number of amides is 2. The van der Waals surface area contributed by atoms with E-state index in [0.29, 0.717) is 36.2 Å². The maximum atomic E-state index is 13.5. The number of hydrogen-bond acceptors (Lipinski definition) is 9. The van der Waals surface area contributed by atoms with E-state index in [2.05, 4.69) is 25.9 Å². The second-order valence-electron chi connectivity index (χ2n) is 11.7. The van der Waals surface area contributed by atoms with Crippen molar-refractivity contribution in [3.63, 3.8) is 0 Å². The quantitative estimate of drug-likeness (QED) is 0.181. The number of fused-ring (bicyclic) bond motifs is 4. The molecule has 0 spiro atoms. The number of aliphatic carboxylic acids is 1. The summed E-state index contributed by atoms with van der Waals surface area (Å²) >= 11 is 0. The number of rotatable bonds is 9. The molecule has 0 aliphatic heterocycles. The first-order valence-corrected chi connectivity index (χ1v) is 14.1.